The monoisotopic (exact) mass is 542 g/mol. The van der Waals surface area contributed by atoms with E-state index in [0.717, 1.165) is 25.6 Å². The van der Waals surface area contributed by atoms with E-state index in [2.05, 4.69) is 23.3 Å². The van der Waals surface area contributed by atoms with Crippen molar-refractivity contribution < 1.29 is 21.6 Å². The van der Waals surface area contributed by atoms with Crippen molar-refractivity contribution in [1.82, 2.24) is 14.7 Å². The molecule has 2 atom stereocenters. The minimum atomic E-state index is -4.60. The van der Waals surface area contributed by atoms with Crippen LogP contribution in [0.15, 0.2) is 57.1 Å². The van der Waals surface area contributed by atoms with Crippen molar-refractivity contribution in [2.75, 3.05) is 19.3 Å². The number of rotatable bonds is 4. The summed E-state index contributed by atoms with van der Waals surface area (Å²) in [4.78, 5) is 2.58. The van der Waals surface area contributed by atoms with E-state index < -0.39 is 21.9 Å². The zero-order valence-electron chi connectivity index (χ0n) is 19.4. The fraction of sp³-hybridized carbons (Fsp3) is 0.391. The maximum absolute atomic E-state index is 13.3. The van der Waals surface area contributed by atoms with Gasteiger partial charge in [0.2, 0.25) is 0 Å². The van der Waals surface area contributed by atoms with Gasteiger partial charge in [0, 0.05) is 13.1 Å². The van der Waals surface area contributed by atoms with Crippen LogP contribution in [-0.4, -0.2) is 47.6 Å². The second kappa shape index (κ2) is 9.98. The molecule has 0 saturated carbocycles. The number of thioether (sulfide) groups is 1. The van der Waals surface area contributed by atoms with E-state index in [1.54, 1.807) is 23.8 Å². The van der Waals surface area contributed by atoms with Crippen LogP contribution in [0.4, 0.5) is 13.2 Å². The standard InChI is InChI=1S/C23H25F3N4O2S3/c1-15-11-16(2)14-29(13-15)22(33-3)28-35(31,32)18-8-6-17(7-9-18)30-19(20-5-4-10-34-20)12-21(27-30)23(24,25)26/h4-10,12,15-16H,11,13-14H2,1-3H3/b28-22-. The molecule has 188 valence electrons. The Kier molecular flexibility index (Phi) is 7.35. The third kappa shape index (κ3) is 5.75. The van der Waals surface area contributed by atoms with Crippen molar-refractivity contribution in [1.29, 1.82) is 0 Å². The SMILES string of the molecule is CS/C(=N\S(=O)(=O)c1ccc(-n2nc(C(F)(F)F)cc2-c2cccs2)cc1)N1CC(C)CC(C)C1. The number of piperidine rings is 1. The topological polar surface area (TPSA) is 67.6 Å². The number of nitrogens with zero attached hydrogens (tertiary/aromatic N) is 4. The number of aromatic nitrogens is 2. The lowest BCUT2D eigenvalue weighted by molar-refractivity contribution is -0.141. The molecule has 3 heterocycles. The fourth-order valence-electron chi connectivity index (χ4n) is 4.27. The van der Waals surface area contributed by atoms with Crippen molar-refractivity contribution in [3.8, 4) is 16.3 Å². The van der Waals surface area contributed by atoms with E-state index in [1.807, 2.05) is 4.90 Å². The quantitative estimate of drug-likeness (QED) is 0.299. The van der Waals surface area contributed by atoms with Gasteiger partial charge in [-0.15, -0.1) is 15.7 Å². The van der Waals surface area contributed by atoms with Gasteiger partial charge in [-0.05, 0) is 66.3 Å². The average molecular weight is 543 g/mol. The number of hydrogen-bond acceptors (Lipinski definition) is 5. The lowest BCUT2D eigenvalue weighted by Crippen LogP contribution is -2.41. The van der Waals surface area contributed by atoms with Crippen LogP contribution in [-0.2, 0) is 16.2 Å². The summed E-state index contributed by atoms with van der Waals surface area (Å²) in [6.45, 7) is 5.76. The zero-order valence-corrected chi connectivity index (χ0v) is 21.8. The predicted octanol–water partition coefficient (Wildman–Crippen LogP) is 6.01. The van der Waals surface area contributed by atoms with Crippen LogP contribution in [0, 0.1) is 11.8 Å². The molecule has 1 aliphatic heterocycles. The van der Waals surface area contributed by atoms with Gasteiger partial charge >= 0.3 is 6.18 Å². The van der Waals surface area contributed by atoms with Crippen LogP contribution >= 0.6 is 23.1 Å². The molecule has 1 aliphatic rings. The van der Waals surface area contributed by atoms with Gasteiger partial charge in [-0.2, -0.15) is 26.7 Å². The van der Waals surface area contributed by atoms with E-state index in [9.17, 15) is 21.6 Å². The normalized spacial score (nSPS) is 19.8. The Hall–Kier alpha value is -2.31. The molecule has 0 N–H and O–H groups in total. The predicted molar refractivity (Wildman–Crippen MR) is 135 cm³/mol. The highest BCUT2D eigenvalue weighted by molar-refractivity contribution is 8.13. The molecule has 0 aliphatic carbocycles. The molecular weight excluding hydrogens is 517 g/mol. The maximum atomic E-state index is 13.3. The van der Waals surface area contributed by atoms with Gasteiger partial charge in [0.25, 0.3) is 10.0 Å². The summed E-state index contributed by atoms with van der Waals surface area (Å²) in [5.74, 6) is 0.873. The van der Waals surface area contributed by atoms with Crippen molar-refractivity contribution in [3.05, 3.63) is 53.5 Å². The number of sulfonamides is 1. The first-order valence-corrected chi connectivity index (χ1v) is 14.5. The summed E-state index contributed by atoms with van der Waals surface area (Å²) in [7, 11) is -4.01. The molecule has 1 aromatic carbocycles. The van der Waals surface area contributed by atoms with Crippen LogP contribution < -0.4 is 0 Å². The molecule has 0 bridgehead atoms. The summed E-state index contributed by atoms with van der Waals surface area (Å²) in [6.07, 6.45) is -1.72. The number of halogens is 3. The number of hydrogen-bond donors (Lipinski definition) is 0. The minimum Gasteiger partial charge on any atom is -0.350 e. The van der Waals surface area contributed by atoms with Crippen molar-refractivity contribution >= 4 is 38.3 Å². The van der Waals surface area contributed by atoms with E-state index >= 15 is 0 Å². The first-order chi connectivity index (χ1) is 16.5. The molecule has 35 heavy (non-hydrogen) atoms. The highest BCUT2D eigenvalue weighted by Crippen LogP contribution is 2.35. The second-order valence-electron chi connectivity index (χ2n) is 8.70. The van der Waals surface area contributed by atoms with E-state index in [0.29, 0.717) is 27.6 Å². The first-order valence-electron chi connectivity index (χ1n) is 10.9. The molecule has 0 spiro atoms. The zero-order chi connectivity index (χ0) is 25.4. The Bertz CT molecular complexity index is 1290. The van der Waals surface area contributed by atoms with Gasteiger partial charge in [-0.1, -0.05) is 31.7 Å². The Balaban J connectivity index is 1.66. The molecule has 3 aromatic rings. The smallest absolute Gasteiger partial charge is 0.350 e. The highest BCUT2D eigenvalue weighted by atomic mass is 32.2. The van der Waals surface area contributed by atoms with Crippen LogP contribution in [0.3, 0.4) is 0 Å². The Morgan fingerprint density at radius 2 is 1.80 bits per heavy atom. The van der Waals surface area contributed by atoms with Crippen molar-refractivity contribution in [3.63, 3.8) is 0 Å². The van der Waals surface area contributed by atoms with Crippen LogP contribution in [0.5, 0.6) is 0 Å². The molecule has 1 saturated heterocycles. The molecule has 2 aromatic heterocycles. The van der Waals surface area contributed by atoms with Crippen LogP contribution in [0.1, 0.15) is 26.0 Å². The fourth-order valence-corrected chi connectivity index (χ4v) is 6.91. The highest BCUT2D eigenvalue weighted by Gasteiger charge is 2.35. The summed E-state index contributed by atoms with van der Waals surface area (Å²) < 4.78 is 71.4. The molecule has 1 fully saturated rings. The lowest BCUT2D eigenvalue weighted by Gasteiger charge is -2.36. The first kappa shape index (κ1) is 25.8. The third-order valence-electron chi connectivity index (χ3n) is 5.67. The molecule has 12 heteroatoms. The lowest BCUT2D eigenvalue weighted by atomic mass is 9.92. The summed E-state index contributed by atoms with van der Waals surface area (Å²) in [5.41, 5.74) is -0.425. The molecule has 0 radical (unpaired) electrons. The van der Waals surface area contributed by atoms with Gasteiger partial charge < -0.3 is 4.90 Å². The van der Waals surface area contributed by atoms with Crippen molar-refractivity contribution in [2.24, 2.45) is 16.2 Å². The van der Waals surface area contributed by atoms with Gasteiger partial charge in [-0.3, -0.25) is 0 Å². The summed E-state index contributed by atoms with van der Waals surface area (Å²) >= 11 is 2.58. The Labute approximate surface area is 210 Å². The van der Waals surface area contributed by atoms with E-state index in [1.165, 1.54) is 52.0 Å². The summed E-state index contributed by atoms with van der Waals surface area (Å²) in [5, 5.41) is 5.95. The molecule has 4 rings (SSSR count). The number of likely N-dealkylation sites (tertiary alicyclic amines) is 1. The third-order valence-corrected chi connectivity index (χ3v) is 8.68. The molecule has 0 amide bonds. The van der Waals surface area contributed by atoms with Gasteiger partial charge in [0.05, 0.1) is 21.2 Å². The Morgan fingerprint density at radius 3 is 2.34 bits per heavy atom. The average Bonchev–Trinajstić information content (AvgIpc) is 3.46. The minimum absolute atomic E-state index is 0.0354. The van der Waals surface area contributed by atoms with Gasteiger partial charge in [0.1, 0.15) is 0 Å². The molecular formula is C23H25F3N4O2S3. The van der Waals surface area contributed by atoms with Crippen LogP contribution in [0.2, 0.25) is 0 Å². The van der Waals surface area contributed by atoms with Crippen LogP contribution in [0.25, 0.3) is 16.3 Å². The van der Waals surface area contributed by atoms with E-state index in [-0.39, 0.29) is 10.6 Å². The van der Waals surface area contributed by atoms with Gasteiger partial charge in [-0.25, -0.2) is 4.68 Å². The van der Waals surface area contributed by atoms with Crippen molar-refractivity contribution in [2.45, 2.75) is 31.3 Å². The Morgan fingerprint density at radius 1 is 1.14 bits per heavy atom. The largest absolute Gasteiger partial charge is 0.435 e. The number of thiophene rings is 1. The molecule has 6 nitrogen and oxygen atoms in total. The van der Waals surface area contributed by atoms with Gasteiger partial charge in [0.15, 0.2) is 10.9 Å². The molecule has 2 unspecified atom stereocenters. The maximum Gasteiger partial charge on any atom is 0.435 e. The second-order valence-corrected chi connectivity index (χ2v) is 12.0. The number of alkyl halides is 3. The number of amidine groups is 1. The number of benzene rings is 1. The summed E-state index contributed by atoms with van der Waals surface area (Å²) in [6, 6.07) is 10.0. The van der Waals surface area contributed by atoms with E-state index in [4.69, 9.17) is 0 Å².